The Morgan fingerprint density at radius 3 is 2.54 bits per heavy atom. The SMILES string of the molecule is CCn1cc(-c2ccc(Cl)cc2Cl)nc1-c1nc2ccc(OCCCCCC(=O)O)cc2n1CC. The van der Waals surface area contributed by atoms with Crippen LogP contribution in [0.25, 0.3) is 33.9 Å². The first kappa shape index (κ1) is 25.1. The third-order valence-electron chi connectivity index (χ3n) is 5.86. The molecule has 0 saturated heterocycles. The van der Waals surface area contributed by atoms with Gasteiger partial charge in [-0.15, -0.1) is 0 Å². The second kappa shape index (κ2) is 11.1. The van der Waals surface area contributed by atoms with Gasteiger partial charge in [0, 0.05) is 42.4 Å². The maximum atomic E-state index is 10.6. The van der Waals surface area contributed by atoms with Crippen molar-refractivity contribution in [2.24, 2.45) is 0 Å². The average molecular weight is 515 g/mol. The molecule has 1 N–H and O–H groups in total. The van der Waals surface area contributed by atoms with Crippen LogP contribution >= 0.6 is 23.2 Å². The quantitative estimate of drug-likeness (QED) is 0.219. The van der Waals surface area contributed by atoms with Gasteiger partial charge in [-0.3, -0.25) is 4.79 Å². The van der Waals surface area contributed by atoms with Gasteiger partial charge in [-0.2, -0.15) is 0 Å². The number of aliphatic carboxylic acids is 1. The number of ether oxygens (including phenoxy) is 1. The van der Waals surface area contributed by atoms with E-state index in [4.69, 9.17) is 43.0 Å². The lowest BCUT2D eigenvalue weighted by Crippen LogP contribution is -2.04. The van der Waals surface area contributed by atoms with Crippen LogP contribution in [-0.4, -0.2) is 36.8 Å². The number of hydrogen-bond acceptors (Lipinski definition) is 4. The molecule has 0 atom stereocenters. The van der Waals surface area contributed by atoms with Gasteiger partial charge in [0.2, 0.25) is 0 Å². The molecule has 2 aromatic heterocycles. The summed E-state index contributed by atoms with van der Waals surface area (Å²) in [7, 11) is 0. The van der Waals surface area contributed by atoms with Crippen LogP contribution in [-0.2, 0) is 17.9 Å². The molecule has 2 aromatic carbocycles. The molecule has 0 aliphatic heterocycles. The largest absolute Gasteiger partial charge is 0.494 e. The number of halogens is 2. The highest BCUT2D eigenvalue weighted by Crippen LogP contribution is 2.33. The van der Waals surface area contributed by atoms with Gasteiger partial charge in [0.05, 0.1) is 28.4 Å². The van der Waals surface area contributed by atoms with Crippen LogP contribution in [0.5, 0.6) is 5.75 Å². The van der Waals surface area contributed by atoms with Gasteiger partial charge in [0.15, 0.2) is 11.6 Å². The fourth-order valence-corrected chi connectivity index (χ4v) is 4.60. The standard InChI is InChI=1S/C26H28Cl2N4O3/c1-3-31-16-22(19-11-9-17(27)14-20(19)28)30-25(31)26-29-21-12-10-18(15-23(21)32(26)4-2)35-13-7-5-6-8-24(33)34/h9-12,14-16H,3-8,13H2,1-2H3,(H,33,34). The minimum absolute atomic E-state index is 0.198. The van der Waals surface area contributed by atoms with Gasteiger partial charge < -0.3 is 19.0 Å². The highest BCUT2D eigenvalue weighted by Gasteiger charge is 2.19. The Morgan fingerprint density at radius 1 is 1.00 bits per heavy atom. The molecular formula is C26H28Cl2N4O3. The van der Waals surface area contributed by atoms with Gasteiger partial charge >= 0.3 is 5.97 Å². The molecule has 0 fully saturated rings. The van der Waals surface area contributed by atoms with Crippen molar-refractivity contribution in [1.82, 2.24) is 19.1 Å². The van der Waals surface area contributed by atoms with E-state index in [1.807, 2.05) is 36.5 Å². The number of unbranched alkanes of at least 4 members (excludes halogenated alkanes) is 2. The average Bonchev–Trinajstić information content (AvgIpc) is 3.41. The molecule has 184 valence electrons. The highest BCUT2D eigenvalue weighted by atomic mass is 35.5. The van der Waals surface area contributed by atoms with Crippen LogP contribution in [0.2, 0.25) is 10.0 Å². The molecule has 0 spiro atoms. The Morgan fingerprint density at radius 2 is 1.83 bits per heavy atom. The second-order valence-corrected chi connectivity index (χ2v) is 9.09. The summed E-state index contributed by atoms with van der Waals surface area (Å²) in [6, 6.07) is 11.3. The number of benzene rings is 2. The van der Waals surface area contributed by atoms with Crippen LogP contribution in [0, 0.1) is 0 Å². The van der Waals surface area contributed by atoms with Crippen molar-refractivity contribution < 1.29 is 14.6 Å². The fourth-order valence-electron chi connectivity index (χ4n) is 4.09. The van der Waals surface area contributed by atoms with E-state index in [1.54, 1.807) is 6.07 Å². The van der Waals surface area contributed by atoms with Crippen molar-refractivity contribution in [1.29, 1.82) is 0 Å². The Hall–Kier alpha value is -3.03. The minimum atomic E-state index is -0.757. The van der Waals surface area contributed by atoms with Crippen LogP contribution in [0.4, 0.5) is 0 Å². The normalized spacial score (nSPS) is 11.3. The zero-order chi connectivity index (χ0) is 24.9. The Kier molecular flexibility index (Phi) is 7.98. The topological polar surface area (TPSA) is 82.2 Å². The summed E-state index contributed by atoms with van der Waals surface area (Å²) in [5.41, 5.74) is 3.43. The number of hydrogen-bond donors (Lipinski definition) is 1. The minimum Gasteiger partial charge on any atom is -0.494 e. The van der Waals surface area contributed by atoms with Crippen molar-refractivity contribution >= 4 is 40.2 Å². The molecular weight excluding hydrogens is 487 g/mol. The lowest BCUT2D eigenvalue weighted by atomic mass is 10.2. The van der Waals surface area contributed by atoms with E-state index < -0.39 is 5.97 Å². The number of imidazole rings is 2. The maximum absolute atomic E-state index is 10.6. The summed E-state index contributed by atoms with van der Waals surface area (Å²) >= 11 is 12.5. The Bertz CT molecular complexity index is 1350. The van der Waals surface area contributed by atoms with Crippen LogP contribution < -0.4 is 4.74 Å². The number of nitrogens with zero attached hydrogens (tertiary/aromatic N) is 4. The molecule has 0 aliphatic carbocycles. The third kappa shape index (κ3) is 5.63. The number of fused-ring (bicyclic) bond motifs is 1. The van der Waals surface area contributed by atoms with E-state index >= 15 is 0 Å². The first-order chi connectivity index (χ1) is 16.9. The predicted octanol–water partition coefficient (Wildman–Crippen LogP) is 6.94. The first-order valence-corrected chi connectivity index (χ1v) is 12.5. The molecule has 0 unspecified atom stereocenters. The van der Waals surface area contributed by atoms with Crippen molar-refractivity contribution in [3.8, 4) is 28.7 Å². The van der Waals surface area contributed by atoms with E-state index in [1.165, 1.54) is 0 Å². The molecule has 0 saturated carbocycles. The van der Waals surface area contributed by atoms with Crippen molar-refractivity contribution in [2.45, 2.75) is 52.6 Å². The van der Waals surface area contributed by atoms with Crippen molar-refractivity contribution in [3.05, 3.63) is 52.6 Å². The van der Waals surface area contributed by atoms with Crippen LogP contribution in [0.3, 0.4) is 0 Å². The molecule has 0 amide bonds. The summed E-state index contributed by atoms with van der Waals surface area (Å²) in [5.74, 6) is 1.57. The van der Waals surface area contributed by atoms with E-state index in [9.17, 15) is 4.79 Å². The Balaban J connectivity index is 1.61. The van der Waals surface area contributed by atoms with Gasteiger partial charge in [-0.05, 0) is 63.4 Å². The number of carbonyl (C=O) groups is 1. The summed E-state index contributed by atoms with van der Waals surface area (Å²) in [4.78, 5) is 20.4. The molecule has 0 aliphatic rings. The van der Waals surface area contributed by atoms with E-state index in [2.05, 4.69) is 23.0 Å². The summed E-state index contributed by atoms with van der Waals surface area (Å²) in [5, 5.41) is 9.88. The summed E-state index contributed by atoms with van der Waals surface area (Å²) in [6.45, 7) is 6.15. The molecule has 35 heavy (non-hydrogen) atoms. The predicted molar refractivity (Wildman–Crippen MR) is 139 cm³/mol. The van der Waals surface area contributed by atoms with Gasteiger partial charge in [-0.25, -0.2) is 9.97 Å². The molecule has 0 radical (unpaired) electrons. The molecule has 4 rings (SSSR count). The second-order valence-electron chi connectivity index (χ2n) is 8.24. The first-order valence-electron chi connectivity index (χ1n) is 11.8. The van der Waals surface area contributed by atoms with Crippen molar-refractivity contribution in [2.75, 3.05) is 6.61 Å². The third-order valence-corrected chi connectivity index (χ3v) is 6.41. The van der Waals surface area contributed by atoms with Crippen molar-refractivity contribution in [3.63, 3.8) is 0 Å². The maximum Gasteiger partial charge on any atom is 0.303 e. The van der Waals surface area contributed by atoms with Gasteiger partial charge in [0.25, 0.3) is 0 Å². The zero-order valence-corrected chi connectivity index (χ0v) is 21.3. The number of carboxylic acids is 1. The van der Waals surface area contributed by atoms with Crippen LogP contribution in [0.15, 0.2) is 42.6 Å². The number of rotatable bonds is 11. The number of aryl methyl sites for hydroxylation is 2. The van der Waals surface area contributed by atoms with E-state index in [-0.39, 0.29) is 6.42 Å². The smallest absolute Gasteiger partial charge is 0.303 e. The highest BCUT2D eigenvalue weighted by molar-refractivity contribution is 6.36. The zero-order valence-electron chi connectivity index (χ0n) is 19.8. The summed E-state index contributed by atoms with van der Waals surface area (Å²) < 4.78 is 10.1. The monoisotopic (exact) mass is 514 g/mol. The van der Waals surface area contributed by atoms with Gasteiger partial charge in [0.1, 0.15) is 5.75 Å². The Labute approximate surface area is 214 Å². The van der Waals surface area contributed by atoms with E-state index in [0.29, 0.717) is 23.1 Å². The molecule has 7 nitrogen and oxygen atoms in total. The molecule has 9 heteroatoms. The molecule has 2 heterocycles. The lowest BCUT2D eigenvalue weighted by Gasteiger charge is -2.09. The summed E-state index contributed by atoms with van der Waals surface area (Å²) in [6.07, 6.45) is 4.49. The van der Waals surface area contributed by atoms with E-state index in [0.717, 1.165) is 65.6 Å². The molecule has 4 aromatic rings. The fraction of sp³-hybridized carbons (Fsp3) is 0.346. The van der Waals surface area contributed by atoms with Crippen LogP contribution in [0.1, 0.15) is 39.5 Å². The number of aromatic nitrogens is 4. The number of carboxylic acid groups (broad SMARTS) is 1. The molecule has 0 bridgehead atoms. The lowest BCUT2D eigenvalue weighted by molar-refractivity contribution is -0.137. The van der Waals surface area contributed by atoms with Gasteiger partial charge in [-0.1, -0.05) is 23.2 Å².